The van der Waals surface area contributed by atoms with Crippen molar-refractivity contribution in [3.8, 4) is 0 Å². The summed E-state index contributed by atoms with van der Waals surface area (Å²) in [5.74, 6) is 0. The summed E-state index contributed by atoms with van der Waals surface area (Å²) in [7, 11) is -3.75. The zero-order valence-electron chi connectivity index (χ0n) is 27.2. The number of benzene rings is 1. The number of nitrogens with one attached hydrogen (secondary N) is 1. The maximum absolute atomic E-state index is 12.0. The molecule has 1 aromatic carbocycles. The van der Waals surface area contributed by atoms with E-state index < -0.39 is 10.1 Å². The highest BCUT2D eigenvalue weighted by molar-refractivity contribution is 7.86. The van der Waals surface area contributed by atoms with Crippen LogP contribution in [0.2, 0.25) is 0 Å². The maximum atomic E-state index is 12.0. The number of piperidine rings is 1. The number of hydrogen-bond acceptors (Lipinski definition) is 14. The Morgan fingerprint density at radius 2 is 0.804 bits per heavy atom. The van der Waals surface area contributed by atoms with Gasteiger partial charge in [-0.15, -0.1) is 0 Å². The van der Waals surface area contributed by atoms with Crippen LogP contribution in [-0.2, 0) is 61.7 Å². The van der Waals surface area contributed by atoms with Crippen molar-refractivity contribution < 1.29 is 60.0 Å². The van der Waals surface area contributed by atoms with E-state index in [1.165, 1.54) is 12.1 Å². The molecule has 268 valence electrons. The average Bonchev–Trinajstić information content (AvgIpc) is 3.08. The molecule has 0 spiro atoms. The van der Waals surface area contributed by atoms with E-state index in [-0.39, 0.29) is 18.1 Å². The second-order valence-corrected chi connectivity index (χ2v) is 11.5. The van der Waals surface area contributed by atoms with Crippen molar-refractivity contribution in [1.29, 1.82) is 0 Å². The summed E-state index contributed by atoms with van der Waals surface area (Å²) in [5.41, 5.74) is 0. The summed E-state index contributed by atoms with van der Waals surface area (Å²) >= 11 is 0. The van der Waals surface area contributed by atoms with Crippen LogP contribution in [-0.4, -0.2) is 160 Å². The minimum atomic E-state index is -3.75. The Bertz CT molecular complexity index is 892. The van der Waals surface area contributed by atoms with E-state index in [0.717, 1.165) is 25.9 Å². The zero-order chi connectivity index (χ0) is 32.6. The lowest BCUT2D eigenvalue weighted by Crippen LogP contribution is -2.33. The summed E-state index contributed by atoms with van der Waals surface area (Å²) < 4.78 is 83.7. The first kappa shape index (κ1) is 40.9. The highest BCUT2D eigenvalue weighted by Gasteiger charge is 2.14. The highest BCUT2D eigenvalue weighted by atomic mass is 32.2. The first-order chi connectivity index (χ1) is 22.7. The average molecular weight is 682 g/mol. The Morgan fingerprint density at radius 1 is 0.478 bits per heavy atom. The fraction of sp³-hybridized carbons (Fsp3) is 0.806. The molecule has 0 amide bonds. The minimum Gasteiger partial charge on any atom is -0.377 e. The van der Waals surface area contributed by atoms with Crippen LogP contribution in [0.1, 0.15) is 12.8 Å². The fourth-order valence-electron chi connectivity index (χ4n) is 3.96. The topological polar surface area (TPSA) is 148 Å². The van der Waals surface area contributed by atoms with E-state index in [0.29, 0.717) is 125 Å². The van der Waals surface area contributed by atoms with Crippen LogP contribution in [0, 0.1) is 0 Å². The number of hydrogen-bond donors (Lipinski definition) is 1. The molecule has 0 atom stereocenters. The molecular weight excluding hydrogens is 626 g/mol. The van der Waals surface area contributed by atoms with Crippen molar-refractivity contribution in [2.45, 2.75) is 23.8 Å². The van der Waals surface area contributed by atoms with Crippen LogP contribution >= 0.6 is 0 Å². The van der Waals surface area contributed by atoms with E-state index in [1.807, 2.05) is 0 Å². The molecule has 0 unspecified atom stereocenters. The van der Waals surface area contributed by atoms with Crippen LogP contribution in [0.5, 0.6) is 0 Å². The van der Waals surface area contributed by atoms with E-state index in [2.05, 4.69) is 5.32 Å². The normalized spacial score (nSPS) is 14.3. The van der Waals surface area contributed by atoms with Gasteiger partial charge >= 0.3 is 0 Å². The van der Waals surface area contributed by atoms with Crippen LogP contribution in [0.25, 0.3) is 0 Å². The lowest BCUT2D eigenvalue weighted by Gasteiger charge is -2.22. The predicted octanol–water partition coefficient (Wildman–Crippen LogP) is 1.31. The van der Waals surface area contributed by atoms with Crippen molar-refractivity contribution in [2.75, 3.05) is 145 Å². The third-order valence-corrected chi connectivity index (χ3v) is 7.67. The Kier molecular flexibility index (Phi) is 26.5. The van der Waals surface area contributed by atoms with E-state index in [4.69, 9.17) is 51.6 Å². The van der Waals surface area contributed by atoms with Crippen LogP contribution in [0.3, 0.4) is 0 Å². The lowest BCUT2D eigenvalue weighted by molar-refractivity contribution is -0.0322. The first-order valence-corrected chi connectivity index (χ1v) is 17.6. The summed E-state index contributed by atoms with van der Waals surface area (Å²) in [6.07, 6.45) is 2.51. The molecule has 1 aliphatic rings. The first-order valence-electron chi connectivity index (χ1n) is 16.1. The van der Waals surface area contributed by atoms with Crippen molar-refractivity contribution in [1.82, 2.24) is 5.32 Å². The van der Waals surface area contributed by atoms with Crippen LogP contribution in [0.4, 0.5) is 0 Å². The molecule has 1 fully saturated rings. The van der Waals surface area contributed by atoms with E-state index >= 15 is 0 Å². The predicted molar refractivity (Wildman–Crippen MR) is 169 cm³/mol. The molecule has 46 heavy (non-hydrogen) atoms. The molecule has 0 bridgehead atoms. The van der Waals surface area contributed by atoms with Gasteiger partial charge in [0.2, 0.25) is 0 Å². The van der Waals surface area contributed by atoms with Gasteiger partial charge in [-0.3, -0.25) is 4.18 Å². The van der Waals surface area contributed by atoms with Crippen molar-refractivity contribution in [3.05, 3.63) is 30.3 Å². The minimum absolute atomic E-state index is 0.0562. The van der Waals surface area contributed by atoms with Gasteiger partial charge in [0.25, 0.3) is 10.1 Å². The van der Waals surface area contributed by atoms with Crippen molar-refractivity contribution in [2.24, 2.45) is 0 Å². The van der Waals surface area contributed by atoms with Crippen LogP contribution in [0.15, 0.2) is 35.2 Å². The summed E-state index contributed by atoms with van der Waals surface area (Å²) in [4.78, 5) is 0.122. The van der Waals surface area contributed by atoms with Crippen molar-refractivity contribution >= 4 is 10.1 Å². The number of ether oxygens (including phenoxy) is 10. The molecule has 0 aliphatic carbocycles. The molecule has 0 radical (unpaired) electrons. The van der Waals surface area contributed by atoms with Gasteiger partial charge in [-0.2, -0.15) is 8.42 Å². The third kappa shape index (κ3) is 23.9. The largest absolute Gasteiger partial charge is 0.377 e. The molecule has 1 heterocycles. The lowest BCUT2D eigenvalue weighted by atomic mass is 10.1. The quantitative estimate of drug-likeness (QED) is 0.0840. The van der Waals surface area contributed by atoms with Gasteiger partial charge in [0, 0.05) is 0 Å². The van der Waals surface area contributed by atoms with Gasteiger partial charge in [0.05, 0.1) is 143 Å². The third-order valence-electron chi connectivity index (χ3n) is 6.34. The fourth-order valence-corrected chi connectivity index (χ4v) is 4.87. The van der Waals surface area contributed by atoms with Gasteiger partial charge in [0.1, 0.15) is 0 Å². The van der Waals surface area contributed by atoms with Gasteiger partial charge < -0.3 is 52.7 Å². The smallest absolute Gasteiger partial charge is 0.297 e. The molecule has 15 heteroatoms. The SMILES string of the molecule is O=S(=O)(OCCOCCOCCOCCOCCOCCOCCOCCOCCOCCOC1CCNCC1)c1ccccc1. The van der Waals surface area contributed by atoms with Crippen molar-refractivity contribution in [3.63, 3.8) is 0 Å². The zero-order valence-corrected chi connectivity index (χ0v) is 28.0. The monoisotopic (exact) mass is 681 g/mol. The van der Waals surface area contributed by atoms with E-state index in [9.17, 15) is 8.42 Å². The Labute approximate surface area is 274 Å². The summed E-state index contributed by atoms with van der Waals surface area (Å²) in [6.45, 7) is 11.0. The second-order valence-electron chi connectivity index (χ2n) is 9.92. The molecule has 2 rings (SSSR count). The summed E-state index contributed by atoms with van der Waals surface area (Å²) in [5, 5.41) is 3.32. The van der Waals surface area contributed by atoms with Gasteiger partial charge in [-0.25, -0.2) is 0 Å². The molecular formula is C31H55NO13S. The Balaban J connectivity index is 1.16. The Morgan fingerprint density at radius 3 is 1.17 bits per heavy atom. The number of rotatable bonds is 33. The van der Waals surface area contributed by atoms with Gasteiger partial charge in [-0.1, -0.05) is 18.2 Å². The molecule has 0 aromatic heterocycles. The maximum Gasteiger partial charge on any atom is 0.297 e. The Hall–Kier alpha value is -1.31. The second kappa shape index (κ2) is 29.8. The standard InChI is InChI=1S/C31H55NO13S/c33-46(34,31-4-2-1-3-5-31)45-29-27-43-25-23-41-21-19-39-17-15-37-13-11-35-10-12-36-14-16-38-18-20-40-22-24-42-26-28-44-30-6-8-32-9-7-30/h1-5,30,32H,6-29H2. The summed E-state index contributed by atoms with van der Waals surface area (Å²) in [6, 6.07) is 7.99. The molecule has 0 saturated carbocycles. The molecule has 1 saturated heterocycles. The molecule has 1 N–H and O–H groups in total. The molecule has 1 aromatic rings. The highest BCUT2D eigenvalue weighted by Crippen LogP contribution is 2.10. The molecule has 14 nitrogen and oxygen atoms in total. The van der Waals surface area contributed by atoms with Gasteiger partial charge in [0.15, 0.2) is 0 Å². The van der Waals surface area contributed by atoms with Crippen LogP contribution < -0.4 is 5.32 Å². The molecule has 1 aliphatic heterocycles. The van der Waals surface area contributed by atoms with E-state index in [1.54, 1.807) is 18.2 Å². The van der Waals surface area contributed by atoms with Gasteiger partial charge in [-0.05, 0) is 38.1 Å².